The zero-order chi connectivity index (χ0) is 36.7. The first-order valence-corrected chi connectivity index (χ1v) is 18.8. The number of hydrogen-bond donors (Lipinski definition) is 4. The Hall–Kier alpha value is -4.05. The summed E-state index contributed by atoms with van der Waals surface area (Å²) in [6, 6.07) is 12.1. The Morgan fingerprint density at radius 3 is 2.06 bits per heavy atom. The van der Waals surface area contributed by atoms with Crippen molar-refractivity contribution in [1.29, 1.82) is 0 Å². The van der Waals surface area contributed by atoms with E-state index in [9.17, 15) is 24.0 Å². The third-order valence-corrected chi connectivity index (χ3v) is 13.3. The Labute approximate surface area is 301 Å². The molecule has 0 spiro atoms. The normalized spacial score (nSPS) is 29.3. The van der Waals surface area contributed by atoms with E-state index in [0.29, 0.717) is 5.69 Å². The molecule has 4 aliphatic rings. The molecule has 0 heterocycles. The topological polar surface area (TPSA) is 159 Å². The van der Waals surface area contributed by atoms with Crippen molar-refractivity contribution in [2.45, 2.75) is 115 Å². The number of carboxylic acid groups (broad SMARTS) is 1. The smallest absolute Gasteiger partial charge is 0.303 e. The molecule has 0 bridgehead atoms. The number of nitrogens with zero attached hydrogens (tertiary/aromatic N) is 1. The van der Waals surface area contributed by atoms with Gasteiger partial charge in [0.1, 0.15) is 0 Å². The van der Waals surface area contributed by atoms with E-state index in [1.807, 2.05) is 12.1 Å². The predicted molar refractivity (Wildman–Crippen MR) is 196 cm³/mol. The highest BCUT2D eigenvalue weighted by Crippen LogP contribution is 2.59. The molecule has 0 aliphatic heterocycles. The zero-order valence-corrected chi connectivity index (χ0v) is 30.6. The molecule has 4 aliphatic carbocycles. The second-order valence-corrected chi connectivity index (χ2v) is 16.3. The van der Waals surface area contributed by atoms with Gasteiger partial charge >= 0.3 is 5.97 Å². The fourth-order valence-corrected chi connectivity index (χ4v) is 10.7. The predicted octanol–water partition coefficient (Wildman–Crippen LogP) is 6.09. The van der Waals surface area contributed by atoms with Crippen LogP contribution in [0.4, 0.5) is 11.4 Å². The number of imide groups is 1. The van der Waals surface area contributed by atoms with Crippen LogP contribution in [-0.4, -0.2) is 53.2 Å². The molecule has 6 atom stereocenters. The van der Waals surface area contributed by atoms with Crippen LogP contribution in [0.15, 0.2) is 36.4 Å². The maximum absolute atomic E-state index is 14.7. The number of fused-ring (bicyclic) bond motifs is 6. The van der Waals surface area contributed by atoms with E-state index in [2.05, 4.69) is 55.7 Å². The first-order valence-electron chi connectivity index (χ1n) is 18.8. The van der Waals surface area contributed by atoms with Crippen LogP contribution in [0, 0.1) is 23.2 Å². The molecule has 0 saturated heterocycles. The SMILES string of the molecule is CN(C(=O)C1CCCC2(C)c3cc(NC(=O)CN)ccc3CCC12)C(=O)[C@@]1(C)CCCC2(C)c3cc(NC(=O)CCCC(=O)O)ccc3CCC21. The maximum atomic E-state index is 14.7. The summed E-state index contributed by atoms with van der Waals surface area (Å²) < 4.78 is 0. The summed E-state index contributed by atoms with van der Waals surface area (Å²) in [7, 11) is 1.69. The van der Waals surface area contributed by atoms with Crippen LogP contribution in [0.2, 0.25) is 0 Å². The number of aliphatic carboxylic acids is 1. The molecule has 274 valence electrons. The Bertz CT molecular complexity index is 1740. The summed E-state index contributed by atoms with van der Waals surface area (Å²) in [5.41, 5.74) is 10.5. The van der Waals surface area contributed by atoms with Gasteiger partial charge in [-0.3, -0.25) is 28.9 Å². The van der Waals surface area contributed by atoms with Gasteiger partial charge in [-0.1, -0.05) is 45.7 Å². The van der Waals surface area contributed by atoms with Gasteiger partial charge < -0.3 is 21.5 Å². The Balaban J connectivity index is 1.21. The number of nitrogens with one attached hydrogen (secondary N) is 2. The van der Waals surface area contributed by atoms with Crippen molar-refractivity contribution in [3.63, 3.8) is 0 Å². The highest BCUT2D eigenvalue weighted by atomic mass is 16.4. The third kappa shape index (κ3) is 6.72. The van der Waals surface area contributed by atoms with Crippen LogP contribution in [0.25, 0.3) is 0 Å². The fourth-order valence-electron chi connectivity index (χ4n) is 10.7. The molecular weight excluding hydrogens is 644 g/mol. The van der Waals surface area contributed by atoms with Crippen molar-refractivity contribution in [3.05, 3.63) is 58.7 Å². The average molecular weight is 699 g/mol. The average Bonchev–Trinajstić information content (AvgIpc) is 3.10. The van der Waals surface area contributed by atoms with Crippen molar-refractivity contribution in [1.82, 2.24) is 4.90 Å². The van der Waals surface area contributed by atoms with Crippen LogP contribution in [0.1, 0.15) is 114 Å². The van der Waals surface area contributed by atoms with E-state index in [-0.39, 0.29) is 78.0 Å². The highest BCUT2D eigenvalue weighted by molar-refractivity contribution is 5.99. The van der Waals surface area contributed by atoms with E-state index in [1.165, 1.54) is 21.6 Å². The molecule has 2 fully saturated rings. The number of nitrogens with two attached hydrogens (primary N) is 1. The van der Waals surface area contributed by atoms with Gasteiger partial charge in [0, 0.05) is 37.2 Å². The summed E-state index contributed by atoms with van der Waals surface area (Å²) in [4.78, 5) is 66.3. The molecule has 5 unspecified atom stereocenters. The minimum absolute atomic E-state index is 0.0239. The van der Waals surface area contributed by atoms with Gasteiger partial charge in [0.05, 0.1) is 12.0 Å². The molecular formula is C41H54N4O6. The minimum atomic E-state index is -0.917. The van der Waals surface area contributed by atoms with Crippen LogP contribution < -0.4 is 16.4 Å². The maximum Gasteiger partial charge on any atom is 0.303 e. The van der Waals surface area contributed by atoms with Crippen LogP contribution >= 0.6 is 0 Å². The number of benzene rings is 2. The van der Waals surface area contributed by atoms with Gasteiger partial charge in [-0.25, -0.2) is 0 Å². The van der Waals surface area contributed by atoms with Gasteiger partial charge in [0.25, 0.3) is 0 Å². The van der Waals surface area contributed by atoms with E-state index < -0.39 is 11.4 Å². The van der Waals surface area contributed by atoms with Gasteiger partial charge in [0.15, 0.2) is 0 Å². The van der Waals surface area contributed by atoms with Crippen LogP contribution in [0.3, 0.4) is 0 Å². The summed E-state index contributed by atoms with van der Waals surface area (Å²) >= 11 is 0. The second-order valence-electron chi connectivity index (χ2n) is 16.3. The molecule has 10 heteroatoms. The molecule has 2 saturated carbocycles. The number of carbonyl (C=O) groups is 5. The quantitative estimate of drug-likeness (QED) is 0.231. The molecule has 6 rings (SSSR count). The van der Waals surface area contributed by atoms with Crippen molar-refractivity contribution >= 4 is 41.0 Å². The minimum Gasteiger partial charge on any atom is -0.481 e. The van der Waals surface area contributed by atoms with Crippen molar-refractivity contribution in [2.24, 2.45) is 28.9 Å². The standard InChI is InChI=1S/C41H54N4O6/c1-39-19-6-8-29(30(39)17-13-25-11-16-28(22-31(25)39)44-35(47)24-42)37(50)45(4)38(51)41(3)21-7-20-40(2)32-23-27(15-12-26(32)14-18-33(40)41)43-34(46)9-5-10-36(48)49/h11-12,15-16,22-23,29-30,33H,5-10,13-14,17-21,24,42H2,1-4H3,(H,43,46)(H,44,47)(H,48,49)/t29?,30?,33?,39?,40?,41-/m0/s1. The Kier molecular flexibility index (Phi) is 10.2. The monoisotopic (exact) mass is 698 g/mol. The first-order chi connectivity index (χ1) is 24.2. The van der Waals surface area contributed by atoms with Crippen molar-refractivity contribution in [3.8, 4) is 0 Å². The summed E-state index contributed by atoms with van der Waals surface area (Å²) in [6.07, 6.45) is 8.84. The highest BCUT2D eigenvalue weighted by Gasteiger charge is 2.57. The van der Waals surface area contributed by atoms with Gasteiger partial charge in [-0.15, -0.1) is 0 Å². The number of rotatable bonds is 9. The molecule has 0 radical (unpaired) electrons. The summed E-state index contributed by atoms with van der Waals surface area (Å²) in [6.45, 7) is 6.48. The third-order valence-electron chi connectivity index (χ3n) is 13.3. The van der Waals surface area contributed by atoms with Crippen molar-refractivity contribution < 1.29 is 29.1 Å². The van der Waals surface area contributed by atoms with Gasteiger partial charge in [0.2, 0.25) is 23.6 Å². The molecule has 51 heavy (non-hydrogen) atoms. The van der Waals surface area contributed by atoms with Gasteiger partial charge in [-0.2, -0.15) is 0 Å². The Morgan fingerprint density at radius 1 is 0.804 bits per heavy atom. The van der Waals surface area contributed by atoms with E-state index in [4.69, 9.17) is 10.8 Å². The number of carboxylic acids is 1. The number of anilines is 2. The lowest BCUT2D eigenvalue weighted by Crippen LogP contribution is -2.58. The first kappa shape index (κ1) is 36.7. The number of carbonyl (C=O) groups excluding carboxylic acids is 4. The molecule has 5 N–H and O–H groups in total. The van der Waals surface area contributed by atoms with Crippen LogP contribution in [-0.2, 0) is 47.6 Å². The summed E-state index contributed by atoms with van der Waals surface area (Å²) in [5.74, 6) is -1.69. The molecule has 4 amide bonds. The zero-order valence-electron chi connectivity index (χ0n) is 30.6. The lowest BCUT2D eigenvalue weighted by atomic mass is 9.49. The van der Waals surface area contributed by atoms with Crippen molar-refractivity contribution in [2.75, 3.05) is 24.2 Å². The van der Waals surface area contributed by atoms with E-state index in [0.717, 1.165) is 75.5 Å². The molecule has 10 nitrogen and oxygen atoms in total. The lowest BCUT2D eigenvalue weighted by molar-refractivity contribution is -0.160. The lowest BCUT2D eigenvalue weighted by Gasteiger charge is -2.55. The molecule has 0 aromatic heterocycles. The Morgan fingerprint density at radius 2 is 1.41 bits per heavy atom. The van der Waals surface area contributed by atoms with Crippen LogP contribution in [0.5, 0.6) is 0 Å². The van der Waals surface area contributed by atoms with E-state index >= 15 is 0 Å². The largest absolute Gasteiger partial charge is 0.481 e. The number of aryl methyl sites for hydroxylation is 2. The fraction of sp³-hybridized carbons (Fsp3) is 0.585. The second kappa shape index (κ2) is 14.2. The molecule has 2 aromatic carbocycles. The molecule has 2 aromatic rings. The van der Waals surface area contributed by atoms with Gasteiger partial charge in [-0.05, 0) is 127 Å². The van der Waals surface area contributed by atoms with E-state index in [1.54, 1.807) is 7.05 Å². The number of hydrogen-bond acceptors (Lipinski definition) is 6. The summed E-state index contributed by atoms with van der Waals surface area (Å²) in [5, 5.41) is 14.8. The number of amides is 4.